The zero-order valence-corrected chi connectivity index (χ0v) is 13.2. The van der Waals surface area contributed by atoms with E-state index in [1.54, 1.807) is 38.1 Å². The van der Waals surface area contributed by atoms with Gasteiger partial charge in [0, 0.05) is 22.3 Å². The maximum atomic E-state index is 12.2. The summed E-state index contributed by atoms with van der Waals surface area (Å²) >= 11 is 6.23. The lowest BCUT2D eigenvalue weighted by Crippen LogP contribution is -2.35. The smallest absolute Gasteiger partial charge is 0.336 e. The first kappa shape index (κ1) is 16.2. The molecule has 5 nitrogen and oxygen atoms in total. The monoisotopic (exact) mass is 321 g/mol. The molecule has 1 heterocycles. The molecule has 2 rings (SSSR count). The van der Waals surface area contributed by atoms with Crippen LogP contribution in [-0.2, 0) is 14.3 Å². The van der Waals surface area contributed by atoms with Gasteiger partial charge >= 0.3 is 11.9 Å². The van der Waals surface area contributed by atoms with Crippen molar-refractivity contribution in [3.8, 4) is 0 Å². The van der Waals surface area contributed by atoms with Crippen molar-refractivity contribution in [3.63, 3.8) is 0 Å². The van der Waals surface area contributed by atoms with Crippen molar-refractivity contribution < 1.29 is 19.4 Å². The van der Waals surface area contributed by atoms with Crippen molar-refractivity contribution >= 4 is 29.3 Å². The molecule has 1 aromatic rings. The Hall–Kier alpha value is -2.14. The number of hydrogen-bond donors (Lipinski definition) is 1. The maximum Gasteiger partial charge on any atom is 0.336 e. The fourth-order valence-electron chi connectivity index (χ4n) is 2.80. The van der Waals surface area contributed by atoms with Crippen LogP contribution in [0.25, 0.3) is 0 Å². The van der Waals surface area contributed by atoms with Gasteiger partial charge in [-0.3, -0.25) is 9.79 Å². The molecule has 0 radical (unpaired) electrons. The van der Waals surface area contributed by atoms with Gasteiger partial charge in [0.05, 0.1) is 12.7 Å². The molecule has 0 fully saturated rings. The highest BCUT2D eigenvalue weighted by Gasteiger charge is 2.42. The van der Waals surface area contributed by atoms with E-state index >= 15 is 0 Å². The van der Waals surface area contributed by atoms with Crippen LogP contribution in [0.2, 0.25) is 5.02 Å². The molecule has 0 bridgehead atoms. The predicted molar refractivity (Wildman–Crippen MR) is 83.1 cm³/mol. The van der Waals surface area contributed by atoms with Crippen molar-refractivity contribution in [3.05, 3.63) is 46.1 Å². The highest BCUT2D eigenvalue weighted by molar-refractivity contribution is 6.31. The number of aliphatic imine (C=N–C) groups is 1. The summed E-state index contributed by atoms with van der Waals surface area (Å²) in [7, 11) is 1.26. The molecule has 0 spiro atoms. The van der Waals surface area contributed by atoms with Crippen LogP contribution in [-0.4, -0.2) is 29.9 Å². The first-order valence-corrected chi connectivity index (χ1v) is 7.07. The second-order valence-electron chi connectivity index (χ2n) is 5.06. The molecule has 1 aromatic carbocycles. The first-order chi connectivity index (χ1) is 10.4. The number of benzene rings is 1. The number of carbonyl (C=O) groups is 2. The lowest BCUT2D eigenvalue weighted by molar-refractivity contribution is -0.140. The molecule has 2 atom stereocenters. The summed E-state index contributed by atoms with van der Waals surface area (Å²) < 4.78 is 4.81. The van der Waals surface area contributed by atoms with Gasteiger partial charge in [0.2, 0.25) is 0 Å². The van der Waals surface area contributed by atoms with Crippen LogP contribution < -0.4 is 0 Å². The van der Waals surface area contributed by atoms with Gasteiger partial charge in [-0.15, -0.1) is 0 Å². The Morgan fingerprint density at radius 3 is 2.45 bits per heavy atom. The van der Waals surface area contributed by atoms with Gasteiger partial charge in [-0.05, 0) is 25.5 Å². The van der Waals surface area contributed by atoms with Gasteiger partial charge in [0.1, 0.15) is 5.92 Å². The number of halogens is 1. The van der Waals surface area contributed by atoms with Crippen LogP contribution in [0.5, 0.6) is 0 Å². The molecule has 6 heteroatoms. The highest BCUT2D eigenvalue weighted by Crippen LogP contribution is 2.41. The zero-order valence-electron chi connectivity index (χ0n) is 12.5. The number of allylic oxidation sites excluding steroid dienone is 1. The van der Waals surface area contributed by atoms with Crippen LogP contribution >= 0.6 is 11.6 Å². The van der Waals surface area contributed by atoms with E-state index in [1.807, 2.05) is 0 Å². The largest absolute Gasteiger partial charge is 0.481 e. The number of nitrogens with zero attached hydrogens (tertiary/aromatic N) is 1. The van der Waals surface area contributed by atoms with Gasteiger partial charge in [0.25, 0.3) is 0 Å². The zero-order chi connectivity index (χ0) is 16.4. The minimum absolute atomic E-state index is 0.230. The molecule has 0 amide bonds. The minimum Gasteiger partial charge on any atom is -0.481 e. The van der Waals surface area contributed by atoms with Gasteiger partial charge in [-0.2, -0.15) is 0 Å². The molecular weight excluding hydrogens is 306 g/mol. The standard InChI is InChI=1S/C16H16ClNO4/c1-8-12(15(19)20)14(10-6-4-5-7-11(10)17)13(9(2)18-8)16(21)22-3/h4-7,12,14H,1-3H3,(H,19,20). The number of rotatable bonds is 3. The topological polar surface area (TPSA) is 76.0 Å². The Bertz CT molecular complexity index is 693. The average molecular weight is 322 g/mol. The Morgan fingerprint density at radius 2 is 1.91 bits per heavy atom. The number of ether oxygens (including phenoxy) is 1. The van der Waals surface area contributed by atoms with E-state index in [2.05, 4.69) is 4.99 Å². The Balaban J connectivity index is 2.71. The lowest BCUT2D eigenvalue weighted by Gasteiger charge is -2.30. The van der Waals surface area contributed by atoms with Gasteiger partial charge in [0.15, 0.2) is 0 Å². The summed E-state index contributed by atoms with van der Waals surface area (Å²) in [6.45, 7) is 3.30. The number of methoxy groups -OCH3 is 1. The van der Waals surface area contributed by atoms with Gasteiger partial charge in [-0.25, -0.2) is 4.79 Å². The molecular formula is C16H16ClNO4. The van der Waals surface area contributed by atoms with E-state index in [0.717, 1.165) is 0 Å². The maximum absolute atomic E-state index is 12.2. The molecule has 2 unspecified atom stereocenters. The van der Waals surface area contributed by atoms with Gasteiger partial charge < -0.3 is 9.84 Å². The molecule has 116 valence electrons. The molecule has 0 saturated heterocycles. The van der Waals surface area contributed by atoms with Crippen LogP contribution in [0, 0.1) is 5.92 Å². The number of carbonyl (C=O) groups excluding carboxylic acids is 1. The predicted octanol–water partition coefficient (Wildman–Crippen LogP) is 3.05. The molecule has 1 aliphatic rings. The van der Waals surface area contributed by atoms with Gasteiger partial charge in [-0.1, -0.05) is 29.8 Å². The van der Waals surface area contributed by atoms with E-state index < -0.39 is 23.8 Å². The van der Waals surface area contributed by atoms with Crippen LogP contribution in [0.4, 0.5) is 0 Å². The lowest BCUT2D eigenvalue weighted by atomic mass is 9.75. The average Bonchev–Trinajstić information content (AvgIpc) is 2.45. The number of carboxylic acids is 1. The highest BCUT2D eigenvalue weighted by atomic mass is 35.5. The third-order valence-electron chi connectivity index (χ3n) is 3.74. The van der Waals surface area contributed by atoms with Crippen molar-refractivity contribution in [2.24, 2.45) is 10.9 Å². The Morgan fingerprint density at radius 1 is 1.27 bits per heavy atom. The summed E-state index contributed by atoms with van der Waals surface area (Å²) in [6.07, 6.45) is 0. The third kappa shape index (κ3) is 2.76. The molecule has 22 heavy (non-hydrogen) atoms. The molecule has 0 aliphatic carbocycles. The number of esters is 1. The molecule has 1 N–H and O–H groups in total. The van der Waals surface area contributed by atoms with Crippen molar-refractivity contribution in [1.82, 2.24) is 0 Å². The summed E-state index contributed by atoms with van der Waals surface area (Å²) in [6, 6.07) is 6.89. The number of aliphatic carboxylic acids is 1. The van der Waals surface area contributed by atoms with Crippen molar-refractivity contribution in [1.29, 1.82) is 0 Å². The Labute approximate surface area is 133 Å². The van der Waals surface area contributed by atoms with E-state index in [0.29, 0.717) is 22.0 Å². The van der Waals surface area contributed by atoms with E-state index in [1.165, 1.54) is 7.11 Å². The second kappa shape index (κ2) is 6.32. The van der Waals surface area contributed by atoms with Crippen LogP contribution in [0.3, 0.4) is 0 Å². The number of carboxylic acid groups (broad SMARTS) is 1. The summed E-state index contributed by atoms with van der Waals surface area (Å²) in [5.74, 6) is -3.33. The van der Waals surface area contributed by atoms with Crippen LogP contribution in [0.15, 0.2) is 40.5 Å². The van der Waals surface area contributed by atoms with Crippen molar-refractivity contribution in [2.75, 3.05) is 7.11 Å². The van der Waals surface area contributed by atoms with E-state index in [-0.39, 0.29) is 5.57 Å². The SMILES string of the molecule is COC(=O)C1=C(C)N=C(C)C(C(=O)O)C1c1ccccc1Cl. The molecule has 0 aromatic heterocycles. The normalized spacial score (nSPS) is 21.4. The van der Waals surface area contributed by atoms with E-state index in [9.17, 15) is 14.7 Å². The van der Waals surface area contributed by atoms with E-state index in [4.69, 9.17) is 16.3 Å². The second-order valence-corrected chi connectivity index (χ2v) is 5.47. The molecule has 0 saturated carbocycles. The minimum atomic E-state index is -1.06. The molecule has 1 aliphatic heterocycles. The quantitative estimate of drug-likeness (QED) is 0.868. The number of hydrogen-bond acceptors (Lipinski definition) is 4. The summed E-state index contributed by atoms with van der Waals surface area (Å²) in [5, 5.41) is 10.00. The fourth-order valence-corrected chi connectivity index (χ4v) is 3.05. The first-order valence-electron chi connectivity index (χ1n) is 6.70. The summed E-state index contributed by atoms with van der Waals surface area (Å²) in [4.78, 5) is 28.1. The Kier molecular flexibility index (Phi) is 4.66. The summed E-state index contributed by atoms with van der Waals surface area (Å²) in [5.41, 5.74) is 1.69. The van der Waals surface area contributed by atoms with Crippen molar-refractivity contribution in [2.45, 2.75) is 19.8 Å². The third-order valence-corrected chi connectivity index (χ3v) is 4.08. The fraction of sp³-hybridized carbons (Fsp3) is 0.312. The van der Waals surface area contributed by atoms with Crippen LogP contribution in [0.1, 0.15) is 25.3 Å².